The lowest BCUT2D eigenvalue weighted by Gasteiger charge is -2.35. The molecule has 0 aromatic rings. The van der Waals surface area contributed by atoms with E-state index in [2.05, 4.69) is 12.2 Å². The minimum Gasteiger partial charge on any atom is -0.444 e. The summed E-state index contributed by atoms with van der Waals surface area (Å²) in [5.41, 5.74) is -0.431. The summed E-state index contributed by atoms with van der Waals surface area (Å²) in [4.78, 5) is 14.6. The standard InChI is InChI=1S/C20H36N2O3/c1-19(2,3)25-18(23)22-12-6-10-17(22)15-8-5-9-16(15)21-14-20(4)11-7-13-24-20/h15-17,21H,5-14H2,1-4H3. The highest BCUT2D eigenvalue weighted by atomic mass is 16.6. The first-order valence-electron chi connectivity index (χ1n) is 10.1. The Morgan fingerprint density at radius 1 is 1.24 bits per heavy atom. The second-order valence-electron chi connectivity index (χ2n) is 9.37. The van der Waals surface area contributed by atoms with Gasteiger partial charge in [0.2, 0.25) is 0 Å². The molecule has 0 spiro atoms. The molecule has 2 saturated heterocycles. The Labute approximate surface area is 152 Å². The van der Waals surface area contributed by atoms with Gasteiger partial charge in [0.25, 0.3) is 0 Å². The van der Waals surface area contributed by atoms with Crippen molar-refractivity contribution in [2.24, 2.45) is 5.92 Å². The van der Waals surface area contributed by atoms with E-state index in [9.17, 15) is 4.79 Å². The van der Waals surface area contributed by atoms with Crippen molar-refractivity contribution in [2.75, 3.05) is 19.7 Å². The molecule has 1 amide bonds. The number of nitrogens with one attached hydrogen (secondary N) is 1. The number of rotatable bonds is 4. The maximum Gasteiger partial charge on any atom is 0.410 e. The molecular formula is C20H36N2O3. The molecule has 3 aliphatic rings. The fourth-order valence-corrected chi connectivity index (χ4v) is 4.81. The van der Waals surface area contributed by atoms with E-state index < -0.39 is 5.60 Å². The van der Waals surface area contributed by atoms with Crippen molar-refractivity contribution in [1.29, 1.82) is 0 Å². The summed E-state index contributed by atoms with van der Waals surface area (Å²) >= 11 is 0. The number of amides is 1. The molecule has 2 heterocycles. The van der Waals surface area contributed by atoms with Crippen molar-refractivity contribution in [3.05, 3.63) is 0 Å². The lowest BCUT2D eigenvalue weighted by atomic mass is 9.91. The normalized spacial score (nSPS) is 36.2. The number of carbonyl (C=O) groups excluding carboxylic acids is 1. The van der Waals surface area contributed by atoms with Crippen LogP contribution in [0.2, 0.25) is 0 Å². The van der Waals surface area contributed by atoms with Crippen LogP contribution < -0.4 is 5.32 Å². The molecule has 0 aromatic carbocycles. The molecule has 0 radical (unpaired) electrons. The topological polar surface area (TPSA) is 50.8 Å². The molecule has 4 atom stereocenters. The predicted molar refractivity (Wildman–Crippen MR) is 98.7 cm³/mol. The molecule has 5 nitrogen and oxygen atoms in total. The molecule has 3 rings (SSSR count). The third kappa shape index (κ3) is 4.68. The fourth-order valence-electron chi connectivity index (χ4n) is 4.81. The average Bonchev–Trinajstić information content (AvgIpc) is 3.23. The first-order chi connectivity index (χ1) is 11.8. The maximum absolute atomic E-state index is 12.6. The number of hydrogen-bond acceptors (Lipinski definition) is 4. The molecule has 1 aliphatic carbocycles. The summed E-state index contributed by atoms with van der Waals surface area (Å²) in [7, 11) is 0. The lowest BCUT2D eigenvalue weighted by Crippen LogP contribution is -2.50. The molecular weight excluding hydrogens is 316 g/mol. The van der Waals surface area contributed by atoms with Crippen molar-refractivity contribution < 1.29 is 14.3 Å². The van der Waals surface area contributed by atoms with Crippen LogP contribution in [0.3, 0.4) is 0 Å². The highest BCUT2D eigenvalue weighted by Crippen LogP contribution is 2.37. The molecule has 3 fully saturated rings. The lowest BCUT2D eigenvalue weighted by molar-refractivity contribution is 0.0100. The van der Waals surface area contributed by atoms with E-state index in [0.29, 0.717) is 18.0 Å². The quantitative estimate of drug-likeness (QED) is 0.838. The van der Waals surface area contributed by atoms with Crippen LogP contribution >= 0.6 is 0 Å². The largest absolute Gasteiger partial charge is 0.444 e. The SMILES string of the molecule is CC(C)(C)OC(=O)N1CCCC1C1CCCC1NCC1(C)CCCO1. The van der Waals surface area contributed by atoms with E-state index in [1.807, 2.05) is 25.7 Å². The van der Waals surface area contributed by atoms with Gasteiger partial charge in [-0.1, -0.05) is 6.42 Å². The monoisotopic (exact) mass is 352 g/mol. The zero-order valence-electron chi connectivity index (χ0n) is 16.5. The van der Waals surface area contributed by atoms with E-state index in [4.69, 9.17) is 9.47 Å². The maximum atomic E-state index is 12.6. The minimum absolute atomic E-state index is 0.00628. The van der Waals surface area contributed by atoms with E-state index in [0.717, 1.165) is 39.0 Å². The molecule has 4 unspecified atom stereocenters. The van der Waals surface area contributed by atoms with Crippen molar-refractivity contribution in [3.63, 3.8) is 0 Å². The molecule has 144 valence electrons. The molecule has 0 aromatic heterocycles. The van der Waals surface area contributed by atoms with Crippen LogP contribution in [-0.4, -0.2) is 54.0 Å². The number of carbonyl (C=O) groups is 1. The molecule has 5 heteroatoms. The van der Waals surface area contributed by atoms with E-state index in [1.165, 1.54) is 25.7 Å². The Hall–Kier alpha value is -0.810. The molecule has 0 bridgehead atoms. The smallest absolute Gasteiger partial charge is 0.410 e. The summed E-state index contributed by atoms with van der Waals surface area (Å²) < 4.78 is 11.6. The van der Waals surface area contributed by atoms with Gasteiger partial charge in [-0.15, -0.1) is 0 Å². The van der Waals surface area contributed by atoms with Crippen molar-refractivity contribution >= 4 is 6.09 Å². The molecule has 25 heavy (non-hydrogen) atoms. The molecule has 2 aliphatic heterocycles. The highest BCUT2D eigenvalue weighted by Gasteiger charge is 2.42. The summed E-state index contributed by atoms with van der Waals surface area (Å²) in [6.07, 6.45) is 8.04. The van der Waals surface area contributed by atoms with Gasteiger partial charge in [-0.2, -0.15) is 0 Å². The van der Waals surface area contributed by atoms with Gasteiger partial charge in [0, 0.05) is 31.8 Å². The Morgan fingerprint density at radius 3 is 2.72 bits per heavy atom. The minimum atomic E-state index is -0.425. The zero-order valence-corrected chi connectivity index (χ0v) is 16.5. The summed E-state index contributed by atoms with van der Waals surface area (Å²) in [5.74, 6) is 0.542. The van der Waals surface area contributed by atoms with Gasteiger partial charge in [-0.25, -0.2) is 4.79 Å². The molecule has 1 N–H and O–H groups in total. The van der Waals surface area contributed by atoms with Gasteiger partial charge in [0.1, 0.15) is 5.60 Å². The first kappa shape index (κ1) is 19.0. The Bertz CT molecular complexity index is 468. The van der Waals surface area contributed by atoms with E-state index >= 15 is 0 Å². The Balaban J connectivity index is 1.59. The van der Waals surface area contributed by atoms with Crippen LogP contribution in [0.5, 0.6) is 0 Å². The predicted octanol–water partition coefficient (Wildman–Crippen LogP) is 3.71. The van der Waals surface area contributed by atoms with Gasteiger partial charge < -0.3 is 19.7 Å². The van der Waals surface area contributed by atoms with Gasteiger partial charge in [-0.05, 0) is 72.1 Å². The first-order valence-corrected chi connectivity index (χ1v) is 10.1. The van der Waals surface area contributed by atoms with Crippen LogP contribution in [0.25, 0.3) is 0 Å². The van der Waals surface area contributed by atoms with Gasteiger partial charge in [0.05, 0.1) is 5.60 Å². The van der Waals surface area contributed by atoms with Gasteiger partial charge in [-0.3, -0.25) is 0 Å². The Morgan fingerprint density at radius 2 is 2.04 bits per heavy atom. The fraction of sp³-hybridized carbons (Fsp3) is 0.950. The summed E-state index contributed by atoms with van der Waals surface area (Å²) in [6, 6.07) is 0.821. The van der Waals surface area contributed by atoms with Crippen LogP contribution in [0, 0.1) is 5.92 Å². The Kier molecular flexibility index (Phi) is 5.64. The van der Waals surface area contributed by atoms with Crippen molar-refractivity contribution in [1.82, 2.24) is 10.2 Å². The van der Waals surface area contributed by atoms with Crippen LogP contribution in [0.15, 0.2) is 0 Å². The number of nitrogens with zero attached hydrogens (tertiary/aromatic N) is 1. The average molecular weight is 353 g/mol. The van der Waals surface area contributed by atoms with Gasteiger partial charge >= 0.3 is 6.09 Å². The summed E-state index contributed by atoms with van der Waals surface area (Å²) in [5, 5.41) is 3.79. The third-order valence-corrected chi connectivity index (χ3v) is 6.03. The second-order valence-corrected chi connectivity index (χ2v) is 9.37. The van der Waals surface area contributed by atoms with Gasteiger partial charge in [0.15, 0.2) is 0 Å². The number of ether oxygens (including phenoxy) is 2. The van der Waals surface area contributed by atoms with E-state index in [1.54, 1.807) is 0 Å². The van der Waals surface area contributed by atoms with Crippen LogP contribution in [0.1, 0.15) is 72.6 Å². The van der Waals surface area contributed by atoms with E-state index in [-0.39, 0.29) is 11.7 Å². The second kappa shape index (κ2) is 7.43. The molecule has 1 saturated carbocycles. The highest BCUT2D eigenvalue weighted by molar-refractivity contribution is 5.69. The number of likely N-dealkylation sites (tertiary alicyclic amines) is 1. The van der Waals surface area contributed by atoms with Crippen LogP contribution in [0.4, 0.5) is 4.79 Å². The van der Waals surface area contributed by atoms with Crippen LogP contribution in [-0.2, 0) is 9.47 Å². The number of hydrogen-bond donors (Lipinski definition) is 1. The van der Waals surface area contributed by atoms with Crippen molar-refractivity contribution in [3.8, 4) is 0 Å². The third-order valence-electron chi connectivity index (χ3n) is 6.03. The zero-order chi connectivity index (χ0) is 18.1. The van der Waals surface area contributed by atoms with Crippen molar-refractivity contribution in [2.45, 2.75) is 95.9 Å². The summed E-state index contributed by atoms with van der Waals surface area (Å²) in [6.45, 7) is 10.7.